The molecule has 6 nitrogen and oxygen atoms in total. The predicted octanol–water partition coefficient (Wildman–Crippen LogP) is 1.81. The second kappa shape index (κ2) is 7.91. The Labute approximate surface area is 136 Å². The average molecular weight is 336 g/mol. The van der Waals surface area contributed by atoms with Crippen LogP contribution in [-0.4, -0.2) is 25.5 Å². The monoisotopic (exact) mass is 336 g/mol. The molecular weight excluding hydrogens is 322 g/mol. The third-order valence-electron chi connectivity index (χ3n) is 2.92. The van der Waals surface area contributed by atoms with Gasteiger partial charge in [0.1, 0.15) is 11.6 Å². The molecule has 0 aliphatic rings. The van der Waals surface area contributed by atoms with E-state index in [1.165, 1.54) is 7.11 Å². The molecule has 2 N–H and O–H groups in total. The quantitative estimate of drug-likeness (QED) is 0.817. The third kappa shape index (κ3) is 4.42. The third-order valence-corrected chi connectivity index (χ3v) is 2.92. The van der Waals surface area contributed by atoms with Gasteiger partial charge < -0.3 is 9.47 Å². The minimum atomic E-state index is -1.04. The van der Waals surface area contributed by atoms with E-state index in [9.17, 15) is 18.4 Å². The Morgan fingerprint density at radius 2 is 1.75 bits per heavy atom. The molecular formula is C16H14F2N2O4. The maximum Gasteiger partial charge on any atom is 0.276 e. The summed E-state index contributed by atoms with van der Waals surface area (Å²) in [5, 5.41) is 0. The van der Waals surface area contributed by atoms with Crippen molar-refractivity contribution in [2.45, 2.75) is 0 Å². The van der Waals surface area contributed by atoms with Gasteiger partial charge in [-0.2, -0.15) is 0 Å². The lowest BCUT2D eigenvalue weighted by molar-refractivity contribution is -0.123. The van der Waals surface area contributed by atoms with Crippen LogP contribution in [0.2, 0.25) is 0 Å². The van der Waals surface area contributed by atoms with Gasteiger partial charge in [-0.05, 0) is 24.3 Å². The second-order valence-electron chi connectivity index (χ2n) is 4.57. The van der Waals surface area contributed by atoms with Crippen LogP contribution in [0.15, 0.2) is 42.5 Å². The van der Waals surface area contributed by atoms with E-state index in [1.807, 2.05) is 5.43 Å². The van der Waals surface area contributed by atoms with Crippen LogP contribution in [0.25, 0.3) is 0 Å². The molecule has 0 saturated carbocycles. The number of para-hydroxylation sites is 2. The van der Waals surface area contributed by atoms with Gasteiger partial charge in [-0.25, -0.2) is 8.78 Å². The summed E-state index contributed by atoms with van der Waals surface area (Å²) in [6.07, 6.45) is 0. The standard InChI is InChI=1S/C16H14F2N2O4/c1-23-13-4-2-3-5-14(13)24-9-15(21)19-20-16(22)11-7-6-10(17)8-12(11)18/h2-8H,9H2,1H3,(H,19,21)(H,20,22). The Hall–Kier alpha value is -3.16. The number of halogens is 2. The minimum Gasteiger partial charge on any atom is -0.493 e. The number of amides is 2. The number of methoxy groups -OCH3 is 1. The fourth-order valence-corrected chi connectivity index (χ4v) is 1.78. The molecule has 0 fully saturated rings. The van der Waals surface area contributed by atoms with Crippen molar-refractivity contribution >= 4 is 11.8 Å². The van der Waals surface area contributed by atoms with Crippen LogP contribution < -0.4 is 20.3 Å². The normalized spacial score (nSPS) is 9.96. The smallest absolute Gasteiger partial charge is 0.276 e. The molecule has 2 rings (SSSR count). The number of benzene rings is 2. The van der Waals surface area contributed by atoms with Gasteiger partial charge >= 0.3 is 0 Å². The van der Waals surface area contributed by atoms with Crippen molar-refractivity contribution in [2.75, 3.05) is 13.7 Å². The molecule has 2 aromatic carbocycles. The van der Waals surface area contributed by atoms with Crippen LogP contribution in [0.4, 0.5) is 8.78 Å². The van der Waals surface area contributed by atoms with Crippen molar-refractivity contribution in [3.05, 3.63) is 59.7 Å². The summed E-state index contributed by atoms with van der Waals surface area (Å²) in [6.45, 7) is -0.396. The predicted molar refractivity (Wildman–Crippen MR) is 80.5 cm³/mol. The lowest BCUT2D eigenvalue weighted by Gasteiger charge is -2.11. The molecule has 0 spiro atoms. The SMILES string of the molecule is COc1ccccc1OCC(=O)NNC(=O)c1ccc(F)cc1F. The summed E-state index contributed by atoms with van der Waals surface area (Å²) >= 11 is 0. The van der Waals surface area contributed by atoms with E-state index in [0.717, 1.165) is 12.1 Å². The van der Waals surface area contributed by atoms with Gasteiger partial charge in [-0.1, -0.05) is 12.1 Å². The highest BCUT2D eigenvalue weighted by molar-refractivity contribution is 5.95. The number of carbonyl (C=O) groups is 2. The molecule has 0 aliphatic carbocycles. The molecule has 0 saturated heterocycles. The van der Waals surface area contributed by atoms with Crippen LogP contribution in [0, 0.1) is 11.6 Å². The minimum absolute atomic E-state index is 0.353. The molecule has 0 heterocycles. The molecule has 0 aromatic heterocycles. The van der Waals surface area contributed by atoms with Gasteiger partial charge in [-0.3, -0.25) is 20.4 Å². The van der Waals surface area contributed by atoms with Crippen LogP contribution in [-0.2, 0) is 4.79 Å². The van der Waals surface area contributed by atoms with Gasteiger partial charge in [0.2, 0.25) is 0 Å². The van der Waals surface area contributed by atoms with Crippen molar-refractivity contribution in [3.8, 4) is 11.5 Å². The van der Waals surface area contributed by atoms with E-state index in [1.54, 1.807) is 24.3 Å². The molecule has 0 unspecified atom stereocenters. The number of rotatable bonds is 5. The van der Waals surface area contributed by atoms with Crippen molar-refractivity contribution in [1.29, 1.82) is 0 Å². The van der Waals surface area contributed by atoms with Crippen molar-refractivity contribution < 1.29 is 27.8 Å². The zero-order chi connectivity index (χ0) is 17.5. The van der Waals surface area contributed by atoms with E-state index >= 15 is 0 Å². The largest absolute Gasteiger partial charge is 0.493 e. The molecule has 2 aromatic rings. The number of ether oxygens (including phenoxy) is 2. The Morgan fingerprint density at radius 3 is 2.42 bits per heavy atom. The fourth-order valence-electron chi connectivity index (χ4n) is 1.78. The molecule has 0 radical (unpaired) electrons. The molecule has 8 heteroatoms. The van der Waals surface area contributed by atoms with Crippen LogP contribution in [0.1, 0.15) is 10.4 Å². The molecule has 126 valence electrons. The lowest BCUT2D eigenvalue weighted by Crippen LogP contribution is -2.44. The van der Waals surface area contributed by atoms with E-state index in [4.69, 9.17) is 9.47 Å². The number of hydrogen-bond donors (Lipinski definition) is 2. The number of nitrogens with one attached hydrogen (secondary N) is 2. The lowest BCUT2D eigenvalue weighted by atomic mass is 10.2. The number of carbonyl (C=O) groups excluding carboxylic acids is 2. The van der Waals surface area contributed by atoms with Gasteiger partial charge in [0.05, 0.1) is 12.7 Å². The summed E-state index contributed by atoms with van der Waals surface area (Å²) in [5.41, 5.74) is 3.68. The number of hydrazine groups is 1. The Kier molecular flexibility index (Phi) is 5.67. The molecule has 0 bridgehead atoms. The summed E-state index contributed by atoms with van der Waals surface area (Å²) in [5.74, 6) is -2.63. The maximum atomic E-state index is 13.4. The first kappa shape index (κ1) is 17.2. The molecule has 24 heavy (non-hydrogen) atoms. The van der Waals surface area contributed by atoms with Crippen molar-refractivity contribution in [1.82, 2.24) is 10.9 Å². The van der Waals surface area contributed by atoms with E-state index in [-0.39, 0.29) is 0 Å². The first-order valence-electron chi connectivity index (χ1n) is 6.81. The van der Waals surface area contributed by atoms with E-state index in [0.29, 0.717) is 17.6 Å². The fraction of sp³-hybridized carbons (Fsp3) is 0.125. The van der Waals surface area contributed by atoms with Crippen LogP contribution in [0.5, 0.6) is 11.5 Å². The maximum absolute atomic E-state index is 13.4. The summed E-state index contributed by atoms with van der Waals surface area (Å²) in [7, 11) is 1.46. The van der Waals surface area contributed by atoms with Crippen LogP contribution >= 0.6 is 0 Å². The first-order valence-corrected chi connectivity index (χ1v) is 6.81. The van der Waals surface area contributed by atoms with Gasteiger partial charge in [0, 0.05) is 6.07 Å². The average Bonchev–Trinajstić information content (AvgIpc) is 2.58. The summed E-state index contributed by atoms with van der Waals surface area (Å²) in [6, 6.07) is 9.19. The van der Waals surface area contributed by atoms with Crippen molar-refractivity contribution in [2.24, 2.45) is 0 Å². The zero-order valence-corrected chi connectivity index (χ0v) is 12.6. The Balaban J connectivity index is 1.85. The molecule has 0 aliphatic heterocycles. The summed E-state index contributed by atoms with van der Waals surface area (Å²) < 4.78 is 36.5. The highest BCUT2D eigenvalue weighted by atomic mass is 19.1. The first-order chi connectivity index (χ1) is 11.5. The topological polar surface area (TPSA) is 76.7 Å². The highest BCUT2D eigenvalue weighted by Gasteiger charge is 2.13. The Morgan fingerprint density at radius 1 is 1.04 bits per heavy atom. The van der Waals surface area contributed by atoms with Gasteiger partial charge in [0.25, 0.3) is 11.8 Å². The van der Waals surface area contributed by atoms with Gasteiger partial charge in [0.15, 0.2) is 18.1 Å². The number of hydrogen-bond acceptors (Lipinski definition) is 4. The van der Waals surface area contributed by atoms with E-state index < -0.39 is 35.6 Å². The van der Waals surface area contributed by atoms with Crippen molar-refractivity contribution in [3.63, 3.8) is 0 Å². The zero-order valence-electron chi connectivity index (χ0n) is 12.6. The molecule has 2 amide bonds. The van der Waals surface area contributed by atoms with Gasteiger partial charge in [-0.15, -0.1) is 0 Å². The summed E-state index contributed by atoms with van der Waals surface area (Å²) in [4.78, 5) is 23.4. The van der Waals surface area contributed by atoms with Crippen LogP contribution in [0.3, 0.4) is 0 Å². The molecule has 0 atom stereocenters. The Bertz CT molecular complexity index is 753. The second-order valence-corrected chi connectivity index (χ2v) is 4.57. The van der Waals surface area contributed by atoms with E-state index in [2.05, 4.69) is 5.43 Å². The highest BCUT2D eigenvalue weighted by Crippen LogP contribution is 2.25.